The Hall–Kier alpha value is -0.880. The predicted molar refractivity (Wildman–Crippen MR) is 192 cm³/mol. The number of benzene rings is 1. The third kappa shape index (κ3) is 22.6. The quantitative estimate of drug-likeness (QED) is 0.0521. The van der Waals surface area contributed by atoms with Crippen LogP contribution in [0.2, 0.25) is 0 Å². The topological polar surface area (TPSA) is 89.5 Å². The first-order chi connectivity index (χ1) is 22.4. The summed E-state index contributed by atoms with van der Waals surface area (Å²) in [5, 5.41) is 0. The summed E-state index contributed by atoms with van der Waals surface area (Å²) in [5.41, 5.74) is 0. The fourth-order valence-electron chi connectivity index (χ4n) is 5.46. The highest BCUT2D eigenvalue weighted by atomic mass is 31.2. The van der Waals surface area contributed by atoms with Crippen LogP contribution in [-0.2, 0) is 27.2 Å². The van der Waals surface area contributed by atoms with Crippen LogP contribution in [0.25, 0.3) is 0 Å². The van der Waals surface area contributed by atoms with Crippen molar-refractivity contribution >= 4 is 15.2 Å². The van der Waals surface area contributed by atoms with Gasteiger partial charge in [-0.3, -0.25) is 9.13 Å². The van der Waals surface area contributed by atoms with E-state index in [2.05, 4.69) is 0 Å². The summed E-state index contributed by atoms with van der Waals surface area (Å²) in [6, 6.07) is 8.02. The van der Waals surface area contributed by atoms with E-state index in [4.69, 9.17) is 27.6 Å². The fourth-order valence-corrected chi connectivity index (χ4v) is 8.92. The van der Waals surface area contributed by atoms with Crippen molar-refractivity contribution in [3.05, 3.63) is 24.3 Å². The van der Waals surface area contributed by atoms with Gasteiger partial charge in [0.05, 0.1) is 52.0 Å². The molecular weight excluding hydrogens is 622 g/mol. The first kappa shape index (κ1) is 43.1. The molecule has 0 atom stereocenters. The smallest absolute Gasteiger partial charge is 0.330 e. The molecule has 0 fully saturated rings. The zero-order valence-corrected chi connectivity index (χ0v) is 31.6. The maximum atomic E-state index is 12.5. The fraction of sp³-hybridized carbons (Fsp3) is 0.833. The lowest BCUT2D eigenvalue weighted by Gasteiger charge is -2.16. The van der Waals surface area contributed by atoms with Gasteiger partial charge in [0.1, 0.15) is 0 Å². The molecule has 0 aliphatic heterocycles. The van der Waals surface area contributed by atoms with Crippen molar-refractivity contribution in [3.8, 4) is 11.5 Å². The molecule has 270 valence electrons. The Morgan fingerprint density at radius 1 is 0.413 bits per heavy atom. The molecule has 0 bridgehead atoms. The van der Waals surface area contributed by atoms with E-state index >= 15 is 0 Å². The highest BCUT2D eigenvalue weighted by Gasteiger charge is 2.23. The lowest BCUT2D eigenvalue weighted by Crippen LogP contribution is -2.02. The van der Waals surface area contributed by atoms with E-state index < -0.39 is 15.2 Å². The number of unbranched alkanes of at least 4 members (excludes halogenated alkanes) is 16. The molecule has 0 saturated heterocycles. The zero-order valence-electron chi connectivity index (χ0n) is 29.9. The van der Waals surface area contributed by atoms with Gasteiger partial charge in [0.2, 0.25) is 0 Å². The SMILES string of the molecule is CCOP(=O)(CCCCCCCCCCCOc1ccccc1OCCCCCCCCCCCP(=O)(OCC)OCC)OCC. The van der Waals surface area contributed by atoms with E-state index in [1.54, 1.807) is 0 Å². The first-order valence-electron chi connectivity index (χ1n) is 18.5. The van der Waals surface area contributed by atoms with Gasteiger partial charge in [-0.25, -0.2) is 0 Å². The molecule has 1 aromatic rings. The van der Waals surface area contributed by atoms with E-state index in [1.807, 2.05) is 52.0 Å². The van der Waals surface area contributed by atoms with Crippen molar-refractivity contribution in [2.45, 2.75) is 143 Å². The van der Waals surface area contributed by atoms with Crippen LogP contribution in [0.15, 0.2) is 24.3 Å². The molecule has 0 spiro atoms. The highest BCUT2D eigenvalue weighted by molar-refractivity contribution is 7.54. The zero-order chi connectivity index (χ0) is 33.6. The van der Waals surface area contributed by atoms with Crippen LogP contribution in [0, 0.1) is 0 Å². The summed E-state index contributed by atoms with van der Waals surface area (Å²) >= 11 is 0. The van der Waals surface area contributed by atoms with Crippen molar-refractivity contribution in [1.29, 1.82) is 0 Å². The number of para-hydroxylation sites is 2. The van der Waals surface area contributed by atoms with Crippen molar-refractivity contribution in [3.63, 3.8) is 0 Å². The summed E-state index contributed by atoms with van der Waals surface area (Å²) in [6.07, 6.45) is 21.8. The van der Waals surface area contributed by atoms with E-state index in [0.29, 0.717) is 38.8 Å². The van der Waals surface area contributed by atoms with Gasteiger partial charge in [0.15, 0.2) is 11.5 Å². The average Bonchev–Trinajstić information content (AvgIpc) is 3.03. The van der Waals surface area contributed by atoms with Crippen LogP contribution in [0.3, 0.4) is 0 Å². The summed E-state index contributed by atoms with van der Waals surface area (Å²) < 4.78 is 58.6. The first-order valence-corrected chi connectivity index (χ1v) is 22.0. The molecule has 10 heteroatoms. The van der Waals surface area contributed by atoms with Gasteiger partial charge in [-0.2, -0.15) is 0 Å². The van der Waals surface area contributed by atoms with Gasteiger partial charge in [-0.1, -0.05) is 102 Å². The van der Waals surface area contributed by atoms with Crippen LogP contribution in [0.1, 0.15) is 143 Å². The Balaban J connectivity index is 2.01. The molecule has 0 amide bonds. The van der Waals surface area contributed by atoms with E-state index in [0.717, 1.165) is 63.2 Å². The maximum absolute atomic E-state index is 12.5. The minimum atomic E-state index is -2.87. The van der Waals surface area contributed by atoms with Gasteiger partial charge in [0, 0.05) is 0 Å². The van der Waals surface area contributed by atoms with E-state index in [-0.39, 0.29) is 0 Å². The summed E-state index contributed by atoms with van der Waals surface area (Å²) in [5.74, 6) is 1.69. The molecule has 46 heavy (non-hydrogen) atoms. The van der Waals surface area contributed by atoms with Crippen LogP contribution >= 0.6 is 15.2 Å². The normalized spacial score (nSPS) is 12.1. The maximum Gasteiger partial charge on any atom is 0.330 e. The second kappa shape index (κ2) is 29.1. The second-order valence-electron chi connectivity index (χ2n) is 11.8. The molecular formula is C36H68O8P2. The van der Waals surface area contributed by atoms with Crippen LogP contribution in [0.4, 0.5) is 0 Å². The van der Waals surface area contributed by atoms with Gasteiger partial charge in [-0.15, -0.1) is 0 Å². The molecule has 1 aromatic carbocycles. The molecule has 0 radical (unpaired) electrons. The predicted octanol–water partition coefficient (Wildman–Crippen LogP) is 12.0. The van der Waals surface area contributed by atoms with Gasteiger partial charge in [-0.05, 0) is 65.5 Å². The van der Waals surface area contributed by atoms with E-state index in [1.165, 1.54) is 77.0 Å². The molecule has 0 aliphatic rings. The minimum absolute atomic E-state index is 0.437. The third-order valence-corrected chi connectivity index (χ3v) is 12.2. The monoisotopic (exact) mass is 690 g/mol. The molecule has 0 unspecified atom stereocenters. The lowest BCUT2D eigenvalue weighted by molar-refractivity contribution is 0.218. The van der Waals surface area contributed by atoms with Gasteiger partial charge < -0.3 is 27.6 Å². The second-order valence-corrected chi connectivity index (χ2v) is 16.2. The van der Waals surface area contributed by atoms with Gasteiger partial charge >= 0.3 is 15.2 Å². The van der Waals surface area contributed by atoms with E-state index in [9.17, 15) is 9.13 Å². The van der Waals surface area contributed by atoms with Crippen LogP contribution in [0.5, 0.6) is 11.5 Å². The molecule has 0 aliphatic carbocycles. The summed E-state index contributed by atoms with van der Waals surface area (Å²) in [6.45, 7) is 10.6. The van der Waals surface area contributed by atoms with Crippen molar-refractivity contribution in [1.82, 2.24) is 0 Å². The van der Waals surface area contributed by atoms with Crippen molar-refractivity contribution < 1.29 is 36.7 Å². The number of hydrogen-bond acceptors (Lipinski definition) is 8. The van der Waals surface area contributed by atoms with Crippen molar-refractivity contribution in [2.75, 3.05) is 52.0 Å². The summed E-state index contributed by atoms with van der Waals surface area (Å²) in [4.78, 5) is 0. The average molecular weight is 691 g/mol. The molecule has 0 aromatic heterocycles. The molecule has 0 saturated carbocycles. The lowest BCUT2D eigenvalue weighted by atomic mass is 10.1. The number of rotatable bonds is 34. The number of hydrogen-bond donors (Lipinski definition) is 0. The van der Waals surface area contributed by atoms with Crippen LogP contribution in [-0.4, -0.2) is 52.0 Å². The summed E-state index contributed by atoms with van der Waals surface area (Å²) in [7, 11) is -5.75. The standard InChI is InChI=1S/C36H68O8P2/c1-5-41-45(37,42-6-2)33-27-21-17-13-9-11-15-19-25-31-39-35-29-23-24-30-36(35)40-32-26-20-16-12-10-14-18-22-28-34-46(38,43-7-3)44-8-4/h23-24,29-30H,5-22,25-28,31-34H2,1-4H3. The Labute approximate surface area is 282 Å². The molecule has 1 rings (SSSR count). The van der Waals surface area contributed by atoms with Crippen LogP contribution < -0.4 is 9.47 Å². The highest BCUT2D eigenvalue weighted by Crippen LogP contribution is 2.49. The van der Waals surface area contributed by atoms with Gasteiger partial charge in [0.25, 0.3) is 0 Å². The third-order valence-electron chi connectivity index (χ3n) is 7.82. The molecule has 0 heterocycles. The molecule has 8 nitrogen and oxygen atoms in total. The Kier molecular flexibility index (Phi) is 27.3. The Morgan fingerprint density at radius 2 is 0.674 bits per heavy atom. The Bertz CT molecular complexity index is 836. The Morgan fingerprint density at radius 3 is 0.957 bits per heavy atom. The van der Waals surface area contributed by atoms with Crippen molar-refractivity contribution in [2.24, 2.45) is 0 Å². The molecule has 0 N–H and O–H groups in total. The minimum Gasteiger partial charge on any atom is -0.490 e. The largest absolute Gasteiger partial charge is 0.490 e. The number of ether oxygens (including phenoxy) is 2.